The lowest BCUT2D eigenvalue weighted by Gasteiger charge is -2.00. The smallest absolute Gasteiger partial charge is 0.377 e. The minimum atomic E-state index is -1.66. The molecule has 20 heavy (non-hydrogen) atoms. The number of halogens is 1. The molecule has 0 radical (unpaired) electrons. The minimum Gasteiger partial charge on any atom is -0.475 e. The van der Waals surface area contributed by atoms with Crippen molar-refractivity contribution in [2.24, 2.45) is 0 Å². The van der Waals surface area contributed by atoms with Crippen LogP contribution >= 0.6 is 0 Å². The van der Waals surface area contributed by atoms with Crippen LogP contribution in [-0.4, -0.2) is 42.2 Å². The molecule has 0 saturated carbocycles. The standard InChI is InChI=1S/C11H6FN5O3/c12-5-2-14-8(6-3-15-17-16-6)9-7(5)4(1-13-9)10(18)11(19)20/h1-3,13H,(H,19,20)(H,15,16,17). The van der Waals surface area contributed by atoms with Gasteiger partial charge in [0.2, 0.25) is 0 Å². The molecule has 0 aliphatic rings. The number of nitrogens with zero attached hydrogens (tertiary/aromatic N) is 3. The average molecular weight is 275 g/mol. The molecule has 3 aromatic rings. The van der Waals surface area contributed by atoms with E-state index in [-0.39, 0.29) is 22.2 Å². The highest BCUT2D eigenvalue weighted by Gasteiger charge is 2.23. The molecule has 3 rings (SSSR count). The predicted octanol–water partition coefficient (Wildman–Crippen LogP) is 0.754. The quantitative estimate of drug-likeness (QED) is 0.478. The summed E-state index contributed by atoms with van der Waals surface area (Å²) in [5, 5.41) is 18.3. The summed E-state index contributed by atoms with van der Waals surface area (Å²) in [6, 6.07) is 0. The molecule has 0 spiro atoms. The number of aromatic nitrogens is 5. The normalized spacial score (nSPS) is 10.8. The number of pyridine rings is 1. The van der Waals surface area contributed by atoms with Crippen LogP contribution in [0.2, 0.25) is 0 Å². The lowest BCUT2D eigenvalue weighted by atomic mass is 10.1. The Morgan fingerprint density at radius 2 is 2.10 bits per heavy atom. The van der Waals surface area contributed by atoms with E-state index >= 15 is 0 Å². The van der Waals surface area contributed by atoms with Crippen LogP contribution in [0.3, 0.4) is 0 Å². The maximum Gasteiger partial charge on any atom is 0.377 e. The van der Waals surface area contributed by atoms with Crippen molar-refractivity contribution in [3.05, 3.63) is 30.0 Å². The Hall–Kier alpha value is -3.10. The van der Waals surface area contributed by atoms with Crippen molar-refractivity contribution < 1.29 is 19.1 Å². The monoisotopic (exact) mass is 275 g/mol. The van der Waals surface area contributed by atoms with Crippen LogP contribution in [0.15, 0.2) is 18.6 Å². The summed E-state index contributed by atoms with van der Waals surface area (Å²) in [5.74, 6) is -3.66. The Morgan fingerprint density at radius 1 is 1.30 bits per heavy atom. The van der Waals surface area contributed by atoms with E-state index in [9.17, 15) is 14.0 Å². The van der Waals surface area contributed by atoms with E-state index in [1.54, 1.807) is 0 Å². The second kappa shape index (κ2) is 4.23. The Kier molecular flexibility index (Phi) is 2.53. The molecule has 0 atom stereocenters. The van der Waals surface area contributed by atoms with Gasteiger partial charge in [0, 0.05) is 6.20 Å². The summed E-state index contributed by atoms with van der Waals surface area (Å²) in [7, 11) is 0. The van der Waals surface area contributed by atoms with E-state index in [4.69, 9.17) is 5.11 Å². The van der Waals surface area contributed by atoms with Gasteiger partial charge in [-0.3, -0.25) is 9.89 Å². The molecule has 0 fully saturated rings. The molecule has 3 heterocycles. The van der Waals surface area contributed by atoms with Gasteiger partial charge < -0.3 is 10.1 Å². The molecule has 0 bridgehead atoms. The largest absolute Gasteiger partial charge is 0.475 e. The van der Waals surface area contributed by atoms with Gasteiger partial charge in [-0.15, -0.1) is 5.10 Å². The summed E-state index contributed by atoms with van der Waals surface area (Å²) in [5.41, 5.74) is 0.520. The first kappa shape index (κ1) is 12.0. The number of hydrogen-bond acceptors (Lipinski definition) is 5. The molecule has 3 aromatic heterocycles. The first-order valence-corrected chi connectivity index (χ1v) is 5.39. The van der Waals surface area contributed by atoms with Crippen molar-refractivity contribution in [2.45, 2.75) is 0 Å². The van der Waals surface area contributed by atoms with Crippen LogP contribution in [0.4, 0.5) is 4.39 Å². The van der Waals surface area contributed by atoms with Gasteiger partial charge in [-0.1, -0.05) is 5.21 Å². The van der Waals surface area contributed by atoms with Crippen LogP contribution in [0.25, 0.3) is 22.3 Å². The third kappa shape index (κ3) is 1.64. The number of H-pyrrole nitrogens is 2. The number of rotatable bonds is 3. The van der Waals surface area contributed by atoms with Gasteiger partial charge >= 0.3 is 5.97 Å². The zero-order valence-corrected chi connectivity index (χ0v) is 9.72. The number of carboxylic acid groups (broad SMARTS) is 1. The molecule has 0 unspecified atom stereocenters. The molecular formula is C11H6FN5O3. The Bertz CT molecular complexity index is 824. The first-order chi connectivity index (χ1) is 9.59. The van der Waals surface area contributed by atoms with E-state index in [1.165, 1.54) is 6.20 Å². The molecular weight excluding hydrogens is 269 g/mol. The number of nitrogens with one attached hydrogen (secondary N) is 2. The Balaban J connectivity index is 2.31. The van der Waals surface area contributed by atoms with Crippen LogP contribution in [0.1, 0.15) is 10.4 Å². The van der Waals surface area contributed by atoms with Crippen molar-refractivity contribution >= 4 is 22.7 Å². The SMILES string of the molecule is O=C(O)C(=O)c1c[nH]c2c(-c3c[nH]nn3)ncc(F)c12. The van der Waals surface area contributed by atoms with E-state index in [1.807, 2.05) is 0 Å². The Labute approximate surface area is 109 Å². The third-order valence-electron chi connectivity index (χ3n) is 2.76. The highest BCUT2D eigenvalue weighted by Crippen LogP contribution is 2.28. The summed E-state index contributed by atoms with van der Waals surface area (Å²) in [4.78, 5) is 28.8. The number of aliphatic carboxylic acids is 1. The molecule has 0 aromatic carbocycles. The topological polar surface area (TPSA) is 125 Å². The zero-order chi connectivity index (χ0) is 14.3. The number of ketones is 1. The van der Waals surface area contributed by atoms with Gasteiger partial charge in [-0.05, 0) is 0 Å². The van der Waals surface area contributed by atoms with Crippen molar-refractivity contribution in [1.82, 2.24) is 25.4 Å². The molecule has 0 aliphatic heterocycles. The van der Waals surface area contributed by atoms with Crippen molar-refractivity contribution in [1.29, 1.82) is 0 Å². The van der Waals surface area contributed by atoms with Gasteiger partial charge in [-0.2, -0.15) is 0 Å². The fourth-order valence-electron chi connectivity index (χ4n) is 1.91. The second-order valence-electron chi connectivity index (χ2n) is 3.90. The molecule has 100 valence electrons. The number of Topliss-reactive ketones (excluding diaryl/α,β-unsaturated/α-hetero) is 1. The second-order valence-corrected chi connectivity index (χ2v) is 3.90. The maximum atomic E-state index is 13.9. The molecule has 8 nitrogen and oxygen atoms in total. The minimum absolute atomic E-state index is 0.134. The maximum absolute atomic E-state index is 13.9. The average Bonchev–Trinajstić information content (AvgIpc) is 3.07. The number of hydrogen-bond donors (Lipinski definition) is 3. The number of carbonyl (C=O) groups excluding carboxylic acids is 1. The molecule has 0 saturated heterocycles. The van der Waals surface area contributed by atoms with Gasteiger partial charge in [0.05, 0.1) is 28.9 Å². The van der Waals surface area contributed by atoms with Crippen LogP contribution in [0.5, 0.6) is 0 Å². The third-order valence-corrected chi connectivity index (χ3v) is 2.76. The predicted molar refractivity (Wildman–Crippen MR) is 63.4 cm³/mol. The number of carboxylic acids is 1. The molecule has 9 heteroatoms. The van der Waals surface area contributed by atoms with Gasteiger partial charge in [0.1, 0.15) is 11.4 Å². The van der Waals surface area contributed by atoms with E-state index in [0.717, 1.165) is 12.4 Å². The fraction of sp³-hybridized carbons (Fsp3) is 0. The van der Waals surface area contributed by atoms with E-state index < -0.39 is 17.6 Å². The molecule has 0 amide bonds. The molecule has 0 aliphatic carbocycles. The zero-order valence-electron chi connectivity index (χ0n) is 9.72. The van der Waals surface area contributed by atoms with Crippen LogP contribution in [0, 0.1) is 5.82 Å². The number of fused-ring (bicyclic) bond motifs is 1. The first-order valence-electron chi connectivity index (χ1n) is 5.39. The lowest BCUT2D eigenvalue weighted by Crippen LogP contribution is -2.12. The van der Waals surface area contributed by atoms with Gasteiger partial charge in [-0.25, -0.2) is 14.2 Å². The van der Waals surface area contributed by atoms with Crippen molar-refractivity contribution in [2.75, 3.05) is 0 Å². The highest BCUT2D eigenvalue weighted by atomic mass is 19.1. The summed E-state index contributed by atoms with van der Waals surface area (Å²) in [6.07, 6.45) is 3.48. The summed E-state index contributed by atoms with van der Waals surface area (Å²) in [6.45, 7) is 0. The van der Waals surface area contributed by atoms with Crippen LogP contribution < -0.4 is 0 Å². The fourth-order valence-corrected chi connectivity index (χ4v) is 1.91. The van der Waals surface area contributed by atoms with Crippen LogP contribution in [-0.2, 0) is 4.79 Å². The van der Waals surface area contributed by atoms with Gasteiger partial charge in [0.25, 0.3) is 5.78 Å². The number of carbonyl (C=O) groups is 2. The van der Waals surface area contributed by atoms with Crippen molar-refractivity contribution in [3.63, 3.8) is 0 Å². The Morgan fingerprint density at radius 3 is 2.75 bits per heavy atom. The summed E-state index contributed by atoms with van der Waals surface area (Å²) < 4.78 is 13.9. The number of aromatic amines is 2. The van der Waals surface area contributed by atoms with E-state index in [2.05, 4.69) is 25.4 Å². The van der Waals surface area contributed by atoms with Crippen molar-refractivity contribution in [3.8, 4) is 11.4 Å². The van der Waals surface area contributed by atoms with Gasteiger partial charge in [0.15, 0.2) is 5.82 Å². The lowest BCUT2D eigenvalue weighted by molar-refractivity contribution is -0.131. The molecule has 3 N–H and O–H groups in total. The van der Waals surface area contributed by atoms with E-state index in [0.29, 0.717) is 5.69 Å². The summed E-state index contributed by atoms with van der Waals surface area (Å²) >= 11 is 0. The highest BCUT2D eigenvalue weighted by molar-refractivity contribution is 6.42.